The zero-order valence-electron chi connectivity index (χ0n) is 8.47. The Balaban J connectivity index is 2.34. The van der Waals surface area contributed by atoms with Crippen LogP contribution in [0.15, 0.2) is 24.3 Å². The first kappa shape index (κ1) is 10.6. The number of sulfonamides is 1. The maximum absolute atomic E-state index is 11.2. The van der Waals surface area contributed by atoms with Gasteiger partial charge in [-0.05, 0) is 17.5 Å². The third-order valence-corrected chi connectivity index (χ3v) is 3.30. The summed E-state index contributed by atoms with van der Waals surface area (Å²) in [6.07, 6.45) is 1.88. The van der Waals surface area contributed by atoms with Crippen molar-refractivity contribution >= 4 is 10.0 Å². The molecule has 1 aliphatic rings. The van der Waals surface area contributed by atoms with E-state index in [4.69, 9.17) is 5.73 Å². The average molecular weight is 226 g/mol. The lowest BCUT2D eigenvalue weighted by Crippen LogP contribution is -2.37. The molecule has 0 saturated carbocycles. The number of hydrogen-bond acceptors (Lipinski definition) is 3. The summed E-state index contributed by atoms with van der Waals surface area (Å²) >= 11 is 0. The Hall–Kier alpha value is -0.910. The maximum Gasteiger partial charge on any atom is 0.209 e. The van der Waals surface area contributed by atoms with E-state index in [0.29, 0.717) is 0 Å². The van der Waals surface area contributed by atoms with Crippen LogP contribution in [-0.4, -0.2) is 20.7 Å². The summed E-state index contributed by atoms with van der Waals surface area (Å²) in [7, 11) is -3.21. The standard InChI is InChI=1S/C10H14N2O2S/c1-15(13,14)12-10-8-5-3-2-4-7(8)6-9(10)11/h2-5,9-10,12H,6,11H2,1H3/t9?,10-/m0/s1. The van der Waals surface area contributed by atoms with Gasteiger partial charge in [-0.1, -0.05) is 24.3 Å². The van der Waals surface area contributed by atoms with Gasteiger partial charge in [0.1, 0.15) is 0 Å². The van der Waals surface area contributed by atoms with Crippen molar-refractivity contribution in [3.8, 4) is 0 Å². The minimum absolute atomic E-state index is 0.169. The van der Waals surface area contributed by atoms with Gasteiger partial charge in [0.05, 0.1) is 12.3 Å². The highest BCUT2D eigenvalue weighted by Gasteiger charge is 2.31. The second-order valence-electron chi connectivity index (χ2n) is 3.93. The Bertz CT molecular complexity index is 470. The second kappa shape index (κ2) is 3.59. The van der Waals surface area contributed by atoms with Crippen LogP contribution in [0, 0.1) is 0 Å². The predicted molar refractivity (Wildman–Crippen MR) is 58.8 cm³/mol. The van der Waals surface area contributed by atoms with Gasteiger partial charge in [-0.2, -0.15) is 0 Å². The molecule has 0 bridgehead atoms. The molecule has 0 heterocycles. The molecule has 0 fully saturated rings. The van der Waals surface area contributed by atoms with Gasteiger partial charge in [-0.3, -0.25) is 0 Å². The monoisotopic (exact) mass is 226 g/mol. The molecule has 0 radical (unpaired) electrons. The Labute approximate surface area is 89.5 Å². The highest BCUT2D eigenvalue weighted by Crippen LogP contribution is 2.30. The average Bonchev–Trinajstić information content (AvgIpc) is 2.41. The number of nitrogens with two attached hydrogens (primary N) is 1. The van der Waals surface area contributed by atoms with Gasteiger partial charge in [0, 0.05) is 6.04 Å². The number of fused-ring (bicyclic) bond motifs is 1. The summed E-state index contributed by atoms with van der Waals surface area (Å²) in [5.74, 6) is 0. The number of benzene rings is 1. The van der Waals surface area contributed by atoms with E-state index in [0.717, 1.165) is 23.8 Å². The third kappa shape index (κ3) is 2.19. The summed E-state index contributed by atoms with van der Waals surface area (Å²) < 4.78 is 24.9. The molecule has 82 valence electrons. The molecule has 1 aromatic rings. The molecule has 2 rings (SSSR count). The van der Waals surface area contributed by atoms with Crippen LogP contribution in [0.1, 0.15) is 17.2 Å². The lowest BCUT2D eigenvalue weighted by Gasteiger charge is -2.16. The molecular weight excluding hydrogens is 212 g/mol. The van der Waals surface area contributed by atoms with Crippen molar-refractivity contribution in [3.05, 3.63) is 35.4 Å². The van der Waals surface area contributed by atoms with E-state index in [1.54, 1.807) is 0 Å². The maximum atomic E-state index is 11.2. The zero-order valence-corrected chi connectivity index (χ0v) is 9.29. The topological polar surface area (TPSA) is 72.2 Å². The summed E-state index contributed by atoms with van der Waals surface area (Å²) in [6, 6.07) is 7.29. The van der Waals surface area contributed by atoms with E-state index >= 15 is 0 Å². The van der Waals surface area contributed by atoms with Gasteiger partial charge >= 0.3 is 0 Å². The van der Waals surface area contributed by atoms with Gasteiger partial charge in [-0.25, -0.2) is 13.1 Å². The van der Waals surface area contributed by atoms with Crippen LogP contribution >= 0.6 is 0 Å². The van der Waals surface area contributed by atoms with Crippen molar-refractivity contribution in [3.63, 3.8) is 0 Å². The molecular formula is C10H14N2O2S. The van der Waals surface area contributed by atoms with E-state index in [-0.39, 0.29) is 12.1 Å². The fourth-order valence-corrected chi connectivity index (χ4v) is 2.77. The summed E-state index contributed by atoms with van der Waals surface area (Å²) in [4.78, 5) is 0. The largest absolute Gasteiger partial charge is 0.326 e. The molecule has 0 amide bonds. The third-order valence-electron chi connectivity index (χ3n) is 2.61. The highest BCUT2D eigenvalue weighted by atomic mass is 32.2. The molecule has 0 spiro atoms. The van der Waals surface area contributed by atoms with Crippen LogP contribution in [0.2, 0.25) is 0 Å². The van der Waals surface area contributed by atoms with Crippen molar-refractivity contribution in [1.29, 1.82) is 0 Å². The molecule has 0 aliphatic heterocycles. The van der Waals surface area contributed by atoms with Gasteiger partial charge in [0.25, 0.3) is 0 Å². The lowest BCUT2D eigenvalue weighted by atomic mass is 10.1. The van der Waals surface area contributed by atoms with Crippen molar-refractivity contribution in [1.82, 2.24) is 4.72 Å². The predicted octanol–water partition coefficient (Wildman–Crippen LogP) is 0.160. The van der Waals surface area contributed by atoms with E-state index in [2.05, 4.69) is 4.72 Å². The molecule has 3 N–H and O–H groups in total. The smallest absolute Gasteiger partial charge is 0.209 e. The summed E-state index contributed by atoms with van der Waals surface area (Å²) in [5.41, 5.74) is 8.04. The minimum atomic E-state index is -3.21. The SMILES string of the molecule is CS(=O)(=O)N[C@H]1c2ccccc2CC1N. The van der Waals surface area contributed by atoms with Gasteiger partial charge in [0.15, 0.2) is 0 Å². The lowest BCUT2D eigenvalue weighted by molar-refractivity contribution is 0.521. The zero-order chi connectivity index (χ0) is 11.1. The Morgan fingerprint density at radius 1 is 1.40 bits per heavy atom. The molecule has 0 saturated heterocycles. The van der Waals surface area contributed by atoms with Gasteiger partial charge in [0.2, 0.25) is 10.0 Å². The van der Waals surface area contributed by atoms with Crippen LogP contribution in [0.4, 0.5) is 0 Å². The Kier molecular flexibility index (Phi) is 2.54. The Morgan fingerprint density at radius 2 is 2.07 bits per heavy atom. The van der Waals surface area contributed by atoms with Crippen LogP contribution in [0.25, 0.3) is 0 Å². The minimum Gasteiger partial charge on any atom is -0.326 e. The first-order valence-electron chi connectivity index (χ1n) is 4.78. The number of hydrogen-bond donors (Lipinski definition) is 2. The first-order valence-corrected chi connectivity index (χ1v) is 6.67. The van der Waals surface area contributed by atoms with E-state index in [1.165, 1.54) is 0 Å². The number of rotatable bonds is 2. The van der Waals surface area contributed by atoms with Crippen molar-refractivity contribution < 1.29 is 8.42 Å². The molecule has 1 unspecified atom stereocenters. The van der Waals surface area contributed by atoms with E-state index < -0.39 is 10.0 Å². The molecule has 4 nitrogen and oxygen atoms in total. The second-order valence-corrected chi connectivity index (χ2v) is 5.71. The quantitative estimate of drug-likeness (QED) is 0.754. The van der Waals surface area contributed by atoms with Gasteiger partial charge < -0.3 is 5.73 Å². The molecule has 2 atom stereocenters. The van der Waals surface area contributed by atoms with Crippen LogP contribution in [0.3, 0.4) is 0 Å². The van der Waals surface area contributed by atoms with Crippen molar-refractivity contribution in [2.24, 2.45) is 5.73 Å². The fourth-order valence-electron chi connectivity index (χ4n) is 2.01. The fraction of sp³-hybridized carbons (Fsp3) is 0.400. The van der Waals surface area contributed by atoms with E-state index in [9.17, 15) is 8.42 Å². The van der Waals surface area contributed by atoms with Crippen molar-refractivity contribution in [2.45, 2.75) is 18.5 Å². The van der Waals surface area contributed by atoms with Crippen molar-refractivity contribution in [2.75, 3.05) is 6.26 Å². The summed E-state index contributed by atoms with van der Waals surface area (Å²) in [5, 5.41) is 0. The van der Waals surface area contributed by atoms with Gasteiger partial charge in [-0.15, -0.1) is 0 Å². The molecule has 1 aliphatic carbocycles. The van der Waals surface area contributed by atoms with E-state index in [1.807, 2.05) is 24.3 Å². The van der Waals surface area contributed by atoms with Crippen LogP contribution in [-0.2, 0) is 16.4 Å². The van der Waals surface area contributed by atoms with Crippen LogP contribution in [0.5, 0.6) is 0 Å². The summed E-state index contributed by atoms with van der Waals surface area (Å²) in [6.45, 7) is 0. The molecule has 1 aromatic carbocycles. The normalized spacial score (nSPS) is 25.2. The molecule has 15 heavy (non-hydrogen) atoms. The Morgan fingerprint density at radius 3 is 2.73 bits per heavy atom. The highest BCUT2D eigenvalue weighted by molar-refractivity contribution is 7.88. The molecule has 5 heteroatoms. The van der Waals surface area contributed by atoms with Crippen LogP contribution < -0.4 is 10.5 Å². The molecule has 0 aromatic heterocycles. The number of nitrogens with one attached hydrogen (secondary N) is 1. The first-order chi connectivity index (χ1) is 6.97.